The van der Waals surface area contributed by atoms with E-state index >= 15 is 0 Å². The molecular weight excluding hydrogens is 426 g/mol. The molecule has 188 valence electrons. The van der Waals surface area contributed by atoms with Crippen LogP contribution < -0.4 is 0 Å². The molecule has 0 aromatic heterocycles. The molecule has 6 aliphatic rings. The van der Waals surface area contributed by atoms with Crippen molar-refractivity contribution in [3.05, 3.63) is 0 Å². The molecule has 1 aliphatic heterocycles. The lowest BCUT2D eigenvalue weighted by molar-refractivity contribution is -0.318. The first-order valence-corrected chi connectivity index (χ1v) is 12.7. The molecule has 1 heterocycles. The molecule has 7 bridgehead atoms. The van der Waals surface area contributed by atoms with Gasteiger partial charge in [0.25, 0.3) is 0 Å². The Labute approximate surface area is 196 Å². The van der Waals surface area contributed by atoms with Crippen LogP contribution in [-0.2, 0) is 18.9 Å². The summed E-state index contributed by atoms with van der Waals surface area (Å²) < 4.78 is 24.0. The zero-order valence-electron chi connectivity index (χ0n) is 20.6. The largest absolute Gasteiger partial charge is 0.392 e. The summed E-state index contributed by atoms with van der Waals surface area (Å²) in [5.74, 6) is -0.231. The van der Waals surface area contributed by atoms with Gasteiger partial charge >= 0.3 is 0 Å². The monoisotopic (exact) mass is 467 g/mol. The van der Waals surface area contributed by atoms with Crippen LogP contribution in [0.25, 0.3) is 0 Å². The predicted molar refractivity (Wildman–Crippen MR) is 119 cm³/mol. The van der Waals surface area contributed by atoms with E-state index in [0.29, 0.717) is 19.4 Å². The molecule has 8 heteroatoms. The molecule has 5 saturated carbocycles. The molecule has 0 aromatic carbocycles. The van der Waals surface area contributed by atoms with Crippen LogP contribution >= 0.6 is 0 Å². The van der Waals surface area contributed by atoms with E-state index in [1.165, 1.54) is 0 Å². The Bertz CT molecular complexity index is 814. The first-order valence-electron chi connectivity index (χ1n) is 12.7. The molecule has 6 fully saturated rings. The highest BCUT2D eigenvalue weighted by Gasteiger charge is 2.91. The van der Waals surface area contributed by atoms with Crippen molar-refractivity contribution >= 4 is 0 Å². The highest BCUT2D eigenvalue weighted by atomic mass is 16.5. The smallest absolute Gasteiger partial charge is 0.136 e. The van der Waals surface area contributed by atoms with Gasteiger partial charge in [0.2, 0.25) is 0 Å². The topological polar surface area (TPSA) is 101 Å². The molecule has 3 N–H and O–H groups in total. The van der Waals surface area contributed by atoms with E-state index in [2.05, 4.69) is 11.8 Å². The Morgan fingerprint density at radius 2 is 1.82 bits per heavy atom. The highest BCUT2D eigenvalue weighted by molar-refractivity contribution is 5.41. The average molecular weight is 468 g/mol. The van der Waals surface area contributed by atoms with Gasteiger partial charge in [-0.25, -0.2) is 0 Å². The van der Waals surface area contributed by atoms with Crippen molar-refractivity contribution in [2.75, 3.05) is 48.1 Å². The second-order valence-corrected chi connectivity index (χ2v) is 11.9. The lowest BCUT2D eigenvalue weighted by atomic mass is 9.42. The molecule has 1 spiro atoms. The lowest BCUT2D eigenvalue weighted by Gasteiger charge is -2.69. The molecule has 33 heavy (non-hydrogen) atoms. The zero-order chi connectivity index (χ0) is 23.6. The minimum atomic E-state index is -1.55. The van der Waals surface area contributed by atoms with E-state index in [9.17, 15) is 15.3 Å². The van der Waals surface area contributed by atoms with Crippen LogP contribution in [0.5, 0.6) is 0 Å². The zero-order valence-corrected chi connectivity index (χ0v) is 20.6. The summed E-state index contributed by atoms with van der Waals surface area (Å²) >= 11 is 0. The molecule has 0 amide bonds. The van der Waals surface area contributed by atoms with Gasteiger partial charge in [-0.1, -0.05) is 6.92 Å². The number of aliphatic hydroxyl groups is 3. The van der Waals surface area contributed by atoms with Crippen molar-refractivity contribution in [3.8, 4) is 0 Å². The maximum absolute atomic E-state index is 12.9. The van der Waals surface area contributed by atoms with E-state index in [-0.39, 0.29) is 47.3 Å². The SMILES string of the molecule is CCN1C[C@]2(COC)CCC(O)[C@]34C5C[C@@H]6C(OC)C[C@](O)(C5C6OC)[C@](O)(C(OC)C23)[C@H]14. The Morgan fingerprint density at radius 3 is 2.42 bits per heavy atom. The maximum Gasteiger partial charge on any atom is 0.136 e. The van der Waals surface area contributed by atoms with Crippen molar-refractivity contribution in [2.45, 2.75) is 74.3 Å². The summed E-state index contributed by atoms with van der Waals surface area (Å²) in [5.41, 5.74) is -3.82. The van der Waals surface area contributed by atoms with Crippen LogP contribution in [0, 0.1) is 34.5 Å². The molecule has 13 atom stereocenters. The van der Waals surface area contributed by atoms with E-state index in [1.54, 1.807) is 28.4 Å². The Kier molecular flexibility index (Phi) is 4.99. The number of rotatable bonds is 6. The van der Waals surface area contributed by atoms with Crippen LogP contribution in [0.15, 0.2) is 0 Å². The number of likely N-dealkylation sites (N-methyl/N-ethyl adjacent to an activating group) is 1. The standard InChI is InChI=1S/C25H41NO7/c1-6-26-11-22(12-30-2)8-7-16(27)24-14-9-13-15(31-3)10-23(28,17(14)18(13)32-4)25(29,21(24)26)20(33-5)19(22)24/h13-21,27-29H,6-12H2,1-5H3/t13-,14?,15?,16?,17?,18?,19?,20?,21-,22+,23+,24-,25+/m1/s1. The number of piperidine rings is 1. The highest BCUT2D eigenvalue weighted by Crippen LogP contribution is 2.80. The fourth-order valence-electron chi connectivity index (χ4n) is 11.0. The minimum Gasteiger partial charge on any atom is -0.392 e. The molecule has 0 radical (unpaired) electrons. The van der Waals surface area contributed by atoms with E-state index in [4.69, 9.17) is 18.9 Å². The van der Waals surface area contributed by atoms with Crippen LogP contribution in [-0.4, -0.2) is 110 Å². The molecule has 1 saturated heterocycles. The Hall–Kier alpha value is -0.320. The maximum atomic E-state index is 12.9. The third kappa shape index (κ3) is 2.20. The number of aliphatic hydroxyl groups excluding tert-OH is 1. The fourth-order valence-corrected chi connectivity index (χ4v) is 11.0. The number of hydrogen-bond donors (Lipinski definition) is 3. The quantitative estimate of drug-likeness (QED) is 0.512. The number of hydrogen-bond acceptors (Lipinski definition) is 8. The van der Waals surface area contributed by atoms with Crippen molar-refractivity contribution < 1.29 is 34.3 Å². The molecule has 8 nitrogen and oxygen atoms in total. The first-order chi connectivity index (χ1) is 15.8. The molecule has 6 rings (SSSR count). The third-order valence-electron chi connectivity index (χ3n) is 11.5. The number of ether oxygens (including phenoxy) is 4. The van der Waals surface area contributed by atoms with Gasteiger partial charge in [-0.3, -0.25) is 4.90 Å². The summed E-state index contributed by atoms with van der Waals surface area (Å²) in [6.07, 6.45) is 1.06. The number of methoxy groups -OCH3 is 4. The van der Waals surface area contributed by atoms with E-state index in [0.717, 1.165) is 25.9 Å². The van der Waals surface area contributed by atoms with Crippen LogP contribution in [0.1, 0.15) is 32.6 Å². The summed E-state index contributed by atoms with van der Waals surface area (Å²) in [5, 5.41) is 37.6. The second-order valence-electron chi connectivity index (χ2n) is 11.9. The van der Waals surface area contributed by atoms with Gasteiger partial charge < -0.3 is 34.3 Å². The van der Waals surface area contributed by atoms with Gasteiger partial charge in [0.05, 0.1) is 37.1 Å². The first kappa shape index (κ1) is 23.1. The van der Waals surface area contributed by atoms with Gasteiger partial charge in [-0.2, -0.15) is 0 Å². The minimum absolute atomic E-state index is 0.00825. The number of nitrogens with zero attached hydrogens (tertiary/aromatic N) is 1. The van der Waals surface area contributed by atoms with Gasteiger partial charge in [-0.05, 0) is 31.7 Å². The van der Waals surface area contributed by atoms with Crippen LogP contribution in [0.2, 0.25) is 0 Å². The van der Waals surface area contributed by atoms with Gasteiger partial charge in [0.15, 0.2) is 0 Å². The van der Waals surface area contributed by atoms with Crippen molar-refractivity contribution in [2.24, 2.45) is 34.5 Å². The lowest BCUT2D eigenvalue weighted by Crippen LogP contribution is -2.82. The predicted octanol–water partition coefficient (Wildman–Crippen LogP) is 0.271. The van der Waals surface area contributed by atoms with Gasteiger partial charge in [0.1, 0.15) is 11.2 Å². The molecule has 7 unspecified atom stereocenters. The van der Waals surface area contributed by atoms with Gasteiger partial charge in [-0.15, -0.1) is 0 Å². The third-order valence-corrected chi connectivity index (χ3v) is 11.5. The Morgan fingerprint density at radius 1 is 1.06 bits per heavy atom. The summed E-state index contributed by atoms with van der Waals surface area (Å²) in [7, 11) is 6.79. The molecule has 5 aliphatic carbocycles. The van der Waals surface area contributed by atoms with Crippen molar-refractivity contribution in [3.63, 3.8) is 0 Å². The number of likely N-dealkylation sites (tertiary alicyclic amines) is 1. The van der Waals surface area contributed by atoms with E-state index in [1.807, 2.05) is 0 Å². The van der Waals surface area contributed by atoms with Crippen molar-refractivity contribution in [1.82, 2.24) is 4.90 Å². The van der Waals surface area contributed by atoms with E-state index < -0.39 is 28.8 Å². The fraction of sp³-hybridized carbons (Fsp3) is 1.00. The van der Waals surface area contributed by atoms with Gasteiger partial charge in [0, 0.05) is 70.0 Å². The normalized spacial score (nSPS) is 60.9. The van der Waals surface area contributed by atoms with Crippen LogP contribution in [0.4, 0.5) is 0 Å². The summed E-state index contributed by atoms with van der Waals surface area (Å²) in [4.78, 5) is 2.33. The number of fused-ring (bicyclic) bond motifs is 2. The average Bonchev–Trinajstić information content (AvgIpc) is 3.22. The van der Waals surface area contributed by atoms with Crippen LogP contribution in [0.3, 0.4) is 0 Å². The molecule has 0 aromatic rings. The molecular formula is C25H41NO7. The summed E-state index contributed by atoms with van der Waals surface area (Å²) in [6, 6.07) is -0.386. The second kappa shape index (κ2) is 7.13. The Balaban J connectivity index is 1.67. The summed E-state index contributed by atoms with van der Waals surface area (Å²) in [6.45, 7) is 4.18. The van der Waals surface area contributed by atoms with Crippen molar-refractivity contribution in [1.29, 1.82) is 0 Å².